The number of nitrogen functional groups attached to an aromatic ring is 1. The Morgan fingerprint density at radius 3 is 2.44 bits per heavy atom. The van der Waals surface area contributed by atoms with E-state index in [2.05, 4.69) is 5.32 Å². The van der Waals surface area contributed by atoms with Crippen LogP contribution in [-0.2, 0) is 9.84 Å². The number of thiophene rings is 1. The van der Waals surface area contributed by atoms with Gasteiger partial charge in [0.05, 0.1) is 5.69 Å². The first-order valence-electron chi connectivity index (χ1n) is 5.37. The quantitative estimate of drug-likeness (QED) is 0.749. The fraction of sp³-hybridized carbons (Fsp3) is 0.500. The van der Waals surface area contributed by atoms with E-state index in [1.54, 1.807) is 0 Å². The normalized spacial score (nSPS) is 13.3. The second-order valence-electron chi connectivity index (χ2n) is 4.09. The first-order valence-corrected chi connectivity index (χ1v) is 8.07. The molecule has 1 amide bonds. The number of carbonyl (C=O) groups is 1. The first kappa shape index (κ1) is 14.8. The molecule has 1 heterocycles. The van der Waals surface area contributed by atoms with Crippen LogP contribution in [0.4, 0.5) is 10.7 Å². The van der Waals surface area contributed by atoms with Crippen LogP contribution in [0.5, 0.6) is 0 Å². The van der Waals surface area contributed by atoms with Crippen molar-refractivity contribution in [1.29, 1.82) is 0 Å². The first-order chi connectivity index (χ1) is 8.18. The molecule has 102 valence electrons. The molecule has 0 saturated carbocycles. The number of sulfone groups is 1. The van der Waals surface area contributed by atoms with Gasteiger partial charge in [0.25, 0.3) is 5.91 Å². The van der Waals surface area contributed by atoms with Gasteiger partial charge in [-0.05, 0) is 13.3 Å². The maximum absolute atomic E-state index is 11.7. The smallest absolute Gasteiger partial charge is 0.261 e. The van der Waals surface area contributed by atoms with Crippen molar-refractivity contribution in [2.75, 3.05) is 17.3 Å². The van der Waals surface area contributed by atoms with E-state index in [1.165, 1.54) is 0 Å². The van der Waals surface area contributed by atoms with Crippen LogP contribution in [0, 0.1) is 0 Å². The Kier molecular flexibility index (Phi) is 4.23. The minimum Gasteiger partial charge on any atom is -0.396 e. The highest BCUT2D eigenvalue weighted by molar-refractivity contribution is 7.91. The summed E-state index contributed by atoms with van der Waals surface area (Å²) >= 11 is 0.975. The van der Waals surface area contributed by atoms with Crippen molar-refractivity contribution in [3.8, 4) is 0 Å². The molecule has 18 heavy (non-hydrogen) atoms. The van der Waals surface area contributed by atoms with Gasteiger partial charge < -0.3 is 16.8 Å². The molecular formula is C10H17N3O3S2. The molecule has 0 aliphatic rings. The van der Waals surface area contributed by atoms with E-state index >= 15 is 0 Å². The lowest BCUT2D eigenvalue weighted by molar-refractivity contribution is 0.100. The van der Waals surface area contributed by atoms with Gasteiger partial charge in [0.1, 0.15) is 14.8 Å². The third kappa shape index (κ3) is 2.94. The summed E-state index contributed by atoms with van der Waals surface area (Å²) in [6.45, 7) is 3.87. The summed E-state index contributed by atoms with van der Waals surface area (Å²) in [5.74, 6) is -0.723. The van der Waals surface area contributed by atoms with Gasteiger partial charge >= 0.3 is 0 Å². The minimum atomic E-state index is -3.52. The van der Waals surface area contributed by atoms with Gasteiger partial charge in [-0.2, -0.15) is 0 Å². The largest absolute Gasteiger partial charge is 0.396 e. The summed E-state index contributed by atoms with van der Waals surface area (Å²) < 4.78 is 23.4. The molecule has 1 aromatic rings. The summed E-state index contributed by atoms with van der Waals surface area (Å²) in [5, 5.41) is 3.41. The van der Waals surface area contributed by atoms with Crippen LogP contribution in [0.2, 0.25) is 0 Å². The highest BCUT2D eigenvalue weighted by atomic mass is 32.2. The number of amides is 1. The van der Waals surface area contributed by atoms with E-state index in [9.17, 15) is 13.2 Å². The van der Waals surface area contributed by atoms with Crippen LogP contribution in [0.1, 0.15) is 29.9 Å². The van der Waals surface area contributed by atoms with Gasteiger partial charge in [-0.1, -0.05) is 6.92 Å². The van der Waals surface area contributed by atoms with Crippen LogP contribution in [0.25, 0.3) is 0 Å². The van der Waals surface area contributed by atoms with Crippen LogP contribution in [0.15, 0.2) is 4.90 Å². The number of primary amides is 1. The summed E-state index contributed by atoms with van der Waals surface area (Å²) in [6, 6.07) is 0.0734. The lowest BCUT2D eigenvalue weighted by Gasteiger charge is -2.12. The fourth-order valence-corrected chi connectivity index (χ4v) is 3.92. The van der Waals surface area contributed by atoms with Crippen LogP contribution in [0.3, 0.4) is 0 Å². The standard InChI is InChI=1S/C10H17N3O3S2/c1-4-5(2)13-10-8(18(3,15)16)6(11)7(17-10)9(12)14/h5,13H,4,11H2,1-3H3,(H2,12,14). The van der Waals surface area contributed by atoms with Gasteiger partial charge in [-0.3, -0.25) is 4.79 Å². The average molecular weight is 291 g/mol. The number of anilines is 2. The summed E-state index contributed by atoms with van der Waals surface area (Å²) in [6.07, 6.45) is 1.87. The van der Waals surface area contributed by atoms with Crippen LogP contribution >= 0.6 is 11.3 Å². The molecular weight excluding hydrogens is 274 g/mol. The number of nitrogens with one attached hydrogen (secondary N) is 1. The molecule has 0 saturated heterocycles. The number of hydrogen-bond acceptors (Lipinski definition) is 6. The third-order valence-corrected chi connectivity index (χ3v) is 4.93. The molecule has 8 heteroatoms. The summed E-state index contributed by atoms with van der Waals surface area (Å²) in [4.78, 5) is 11.2. The van der Waals surface area contributed by atoms with Crippen molar-refractivity contribution in [3.63, 3.8) is 0 Å². The molecule has 1 rings (SSSR count). The molecule has 1 unspecified atom stereocenters. The Morgan fingerprint density at radius 1 is 1.50 bits per heavy atom. The zero-order valence-corrected chi connectivity index (χ0v) is 12.1. The molecule has 0 aliphatic heterocycles. The van der Waals surface area contributed by atoms with Gasteiger partial charge in [-0.15, -0.1) is 11.3 Å². The van der Waals surface area contributed by atoms with Crippen molar-refractivity contribution in [3.05, 3.63) is 4.88 Å². The highest BCUT2D eigenvalue weighted by Gasteiger charge is 2.26. The van der Waals surface area contributed by atoms with Gasteiger partial charge in [0.15, 0.2) is 9.84 Å². The lowest BCUT2D eigenvalue weighted by Crippen LogP contribution is -2.15. The van der Waals surface area contributed by atoms with Crippen molar-refractivity contribution in [2.45, 2.75) is 31.2 Å². The fourth-order valence-electron chi connectivity index (χ4n) is 1.40. The molecule has 0 aromatic carbocycles. The molecule has 1 atom stereocenters. The van der Waals surface area contributed by atoms with E-state index in [-0.39, 0.29) is 21.5 Å². The van der Waals surface area contributed by atoms with Crippen molar-refractivity contribution < 1.29 is 13.2 Å². The predicted molar refractivity (Wildman–Crippen MR) is 73.7 cm³/mol. The molecule has 5 N–H and O–H groups in total. The summed E-state index contributed by atoms with van der Waals surface area (Å²) in [5.41, 5.74) is 10.8. The Hall–Kier alpha value is -1.28. The van der Waals surface area contributed by atoms with Crippen molar-refractivity contribution in [1.82, 2.24) is 0 Å². The van der Waals surface area contributed by atoms with Gasteiger partial charge in [0, 0.05) is 12.3 Å². The van der Waals surface area contributed by atoms with Gasteiger partial charge in [0.2, 0.25) is 0 Å². The van der Waals surface area contributed by atoms with Crippen LogP contribution < -0.4 is 16.8 Å². The second-order valence-corrected chi connectivity index (χ2v) is 7.07. The Balaban J connectivity index is 3.41. The number of hydrogen-bond donors (Lipinski definition) is 3. The predicted octanol–water partition coefficient (Wildman–Crippen LogP) is 1.04. The van der Waals surface area contributed by atoms with E-state index < -0.39 is 15.7 Å². The van der Waals surface area contributed by atoms with Crippen molar-refractivity contribution in [2.24, 2.45) is 5.73 Å². The molecule has 6 nitrogen and oxygen atoms in total. The molecule has 1 aromatic heterocycles. The van der Waals surface area contributed by atoms with Crippen LogP contribution in [-0.4, -0.2) is 26.6 Å². The second kappa shape index (κ2) is 5.15. The maximum atomic E-state index is 11.7. The number of rotatable bonds is 5. The minimum absolute atomic E-state index is 0.0402. The number of carbonyl (C=O) groups excluding carboxylic acids is 1. The number of nitrogens with two attached hydrogens (primary N) is 2. The van der Waals surface area contributed by atoms with E-state index in [4.69, 9.17) is 11.5 Å². The zero-order valence-electron chi connectivity index (χ0n) is 10.5. The summed E-state index contributed by atoms with van der Waals surface area (Å²) in [7, 11) is -3.52. The van der Waals surface area contributed by atoms with Crippen molar-refractivity contribution >= 4 is 37.8 Å². The monoisotopic (exact) mass is 291 g/mol. The molecule has 0 aliphatic carbocycles. The molecule has 0 fully saturated rings. The molecule has 0 radical (unpaired) electrons. The highest BCUT2D eigenvalue weighted by Crippen LogP contribution is 2.39. The molecule has 0 spiro atoms. The Morgan fingerprint density at radius 2 is 2.06 bits per heavy atom. The molecule has 0 bridgehead atoms. The zero-order chi connectivity index (χ0) is 14.1. The van der Waals surface area contributed by atoms with E-state index in [0.29, 0.717) is 5.00 Å². The Bertz CT molecular complexity index is 563. The lowest BCUT2D eigenvalue weighted by atomic mass is 10.3. The SMILES string of the molecule is CCC(C)Nc1sc(C(N)=O)c(N)c1S(C)(=O)=O. The Labute approximate surface area is 110 Å². The maximum Gasteiger partial charge on any atom is 0.261 e. The van der Waals surface area contributed by atoms with E-state index in [1.807, 2.05) is 13.8 Å². The average Bonchev–Trinajstić information content (AvgIpc) is 2.54. The third-order valence-electron chi connectivity index (χ3n) is 2.48. The van der Waals surface area contributed by atoms with Gasteiger partial charge in [-0.25, -0.2) is 8.42 Å². The van der Waals surface area contributed by atoms with E-state index in [0.717, 1.165) is 24.0 Å². The topological polar surface area (TPSA) is 115 Å².